The van der Waals surface area contributed by atoms with Crippen LogP contribution < -0.4 is 9.47 Å². The predicted molar refractivity (Wildman–Crippen MR) is 91.7 cm³/mol. The monoisotopic (exact) mass is 339 g/mol. The molecule has 0 radical (unpaired) electrons. The van der Waals surface area contributed by atoms with Crippen molar-refractivity contribution in [1.82, 2.24) is 4.90 Å². The Morgan fingerprint density at radius 2 is 1.96 bits per heavy atom. The largest absolute Gasteiger partial charge is 0.488 e. The van der Waals surface area contributed by atoms with Crippen LogP contribution in [0.5, 0.6) is 17.2 Å². The van der Waals surface area contributed by atoms with Gasteiger partial charge in [0.25, 0.3) is 0 Å². The van der Waals surface area contributed by atoms with Crippen molar-refractivity contribution in [1.29, 1.82) is 0 Å². The number of para-hydroxylation sites is 1. The van der Waals surface area contributed by atoms with E-state index in [1.54, 1.807) is 12.1 Å². The third-order valence-electron chi connectivity index (χ3n) is 3.71. The summed E-state index contributed by atoms with van der Waals surface area (Å²) in [4.78, 5) is 23.9. The van der Waals surface area contributed by atoms with E-state index in [0.717, 1.165) is 16.2 Å². The maximum atomic E-state index is 12.1. The second-order valence-corrected chi connectivity index (χ2v) is 5.62. The molecule has 1 aliphatic rings. The van der Waals surface area contributed by atoms with E-state index in [0.29, 0.717) is 17.1 Å². The Bertz CT molecular complexity index is 829. The number of aliphatic carboxylic acids is 1. The van der Waals surface area contributed by atoms with E-state index in [1.807, 2.05) is 36.4 Å². The molecule has 2 aromatic carbocycles. The van der Waals surface area contributed by atoms with E-state index < -0.39 is 5.97 Å². The normalized spacial score (nSPS) is 13.9. The lowest BCUT2D eigenvalue weighted by molar-refractivity contribution is -0.141. The number of carboxylic acids is 1. The smallest absolute Gasteiger partial charge is 0.323 e. The van der Waals surface area contributed by atoms with Crippen molar-refractivity contribution in [2.24, 2.45) is 0 Å². The fraction of sp³-hybridized carbons (Fsp3) is 0.158. The number of benzene rings is 2. The van der Waals surface area contributed by atoms with Crippen LogP contribution in [0.3, 0.4) is 0 Å². The minimum Gasteiger partial charge on any atom is -0.488 e. The molecule has 6 nitrogen and oxygen atoms in total. The van der Waals surface area contributed by atoms with Gasteiger partial charge in [-0.25, -0.2) is 0 Å². The van der Waals surface area contributed by atoms with Crippen LogP contribution in [-0.2, 0) is 9.59 Å². The molecule has 1 heterocycles. The molecule has 0 unspecified atom stereocenters. The van der Waals surface area contributed by atoms with Crippen LogP contribution in [0.1, 0.15) is 5.56 Å². The zero-order valence-electron chi connectivity index (χ0n) is 13.6. The maximum Gasteiger partial charge on any atom is 0.323 e. The van der Waals surface area contributed by atoms with Crippen LogP contribution in [0.2, 0.25) is 0 Å². The van der Waals surface area contributed by atoms with Crippen LogP contribution >= 0.6 is 0 Å². The Hall–Kier alpha value is -3.28. The minimum atomic E-state index is -1.06. The first kappa shape index (κ1) is 16.6. The van der Waals surface area contributed by atoms with Crippen LogP contribution in [0.4, 0.5) is 0 Å². The lowest BCUT2D eigenvalue weighted by Crippen LogP contribution is -2.30. The highest BCUT2D eigenvalue weighted by atomic mass is 16.5. The molecule has 3 rings (SSSR count). The van der Waals surface area contributed by atoms with Crippen LogP contribution in [0.25, 0.3) is 5.57 Å². The number of rotatable bonds is 5. The van der Waals surface area contributed by atoms with Gasteiger partial charge in [0.2, 0.25) is 5.91 Å². The van der Waals surface area contributed by atoms with Gasteiger partial charge in [-0.15, -0.1) is 0 Å². The quantitative estimate of drug-likeness (QED) is 0.848. The van der Waals surface area contributed by atoms with E-state index in [1.165, 1.54) is 13.1 Å². The number of likely N-dealkylation sites (N-methyl/N-ethyl adjacent to an activating group) is 1. The Balaban J connectivity index is 1.76. The van der Waals surface area contributed by atoms with Crippen molar-refractivity contribution in [3.8, 4) is 17.2 Å². The average Bonchev–Trinajstić information content (AvgIpc) is 2.97. The van der Waals surface area contributed by atoms with Crippen molar-refractivity contribution >= 4 is 17.4 Å². The Morgan fingerprint density at radius 1 is 1.20 bits per heavy atom. The first-order valence-electron chi connectivity index (χ1n) is 7.70. The van der Waals surface area contributed by atoms with Gasteiger partial charge in [0.15, 0.2) is 0 Å². The standard InChI is InChI=1S/C19H17NO5/c1-20(11-19(22)23)18(21)9-13-12-24-17-10-15(7-8-16(13)17)25-14-5-3-2-4-6-14/h2-10H,11-12H2,1H3,(H,22,23). The van der Waals surface area contributed by atoms with E-state index in [9.17, 15) is 9.59 Å². The molecular formula is C19H17NO5. The van der Waals surface area contributed by atoms with Gasteiger partial charge in [-0.3, -0.25) is 9.59 Å². The number of amides is 1. The molecule has 0 saturated heterocycles. The fourth-order valence-corrected chi connectivity index (χ4v) is 2.47. The van der Waals surface area contributed by atoms with Crippen molar-refractivity contribution in [2.75, 3.05) is 20.2 Å². The van der Waals surface area contributed by atoms with Crippen molar-refractivity contribution < 1.29 is 24.2 Å². The van der Waals surface area contributed by atoms with Gasteiger partial charge in [0, 0.05) is 30.3 Å². The van der Waals surface area contributed by atoms with Gasteiger partial charge in [-0.05, 0) is 24.3 Å². The van der Waals surface area contributed by atoms with Gasteiger partial charge in [-0.1, -0.05) is 18.2 Å². The lowest BCUT2D eigenvalue weighted by Gasteiger charge is -2.12. The zero-order valence-corrected chi connectivity index (χ0v) is 13.6. The van der Waals surface area contributed by atoms with Gasteiger partial charge in [-0.2, -0.15) is 0 Å². The summed E-state index contributed by atoms with van der Waals surface area (Å²) in [6.07, 6.45) is 1.41. The second-order valence-electron chi connectivity index (χ2n) is 5.62. The molecule has 1 amide bonds. The minimum absolute atomic E-state index is 0.261. The Labute approximate surface area is 144 Å². The summed E-state index contributed by atoms with van der Waals surface area (Å²) in [5.74, 6) is 0.564. The number of carboxylic acid groups (broad SMARTS) is 1. The summed E-state index contributed by atoms with van der Waals surface area (Å²) < 4.78 is 11.4. The summed E-state index contributed by atoms with van der Waals surface area (Å²) in [6.45, 7) is -0.0864. The average molecular weight is 339 g/mol. The highest BCUT2D eigenvalue weighted by molar-refractivity contribution is 5.98. The molecule has 0 aromatic heterocycles. The third-order valence-corrected chi connectivity index (χ3v) is 3.71. The predicted octanol–water partition coefficient (Wildman–Crippen LogP) is 2.80. The molecule has 6 heteroatoms. The van der Waals surface area contributed by atoms with Gasteiger partial charge in [0.05, 0.1) is 0 Å². The molecule has 2 aromatic rings. The maximum absolute atomic E-state index is 12.1. The lowest BCUT2D eigenvalue weighted by atomic mass is 10.1. The molecule has 0 saturated carbocycles. The van der Waals surface area contributed by atoms with E-state index in [-0.39, 0.29) is 19.1 Å². The summed E-state index contributed by atoms with van der Waals surface area (Å²) >= 11 is 0. The van der Waals surface area contributed by atoms with Gasteiger partial charge >= 0.3 is 5.97 Å². The molecule has 0 atom stereocenters. The number of nitrogens with zero attached hydrogens (tertiary/aromatic N) is 1. The number of carbonyl (C=O) groups is 2. The molecule has 128 valence electrons. The Morgan fingerprint density at radius 3 is 2.68 bits per heavy atom. The van der Waals surface area contributed by atoms with Crippen LogP contribution in [-0.4, -0.2) is 42.1 Å². The molecule has 25 heavy (non-hydrogen) atoms. The van der Waals surface area contributed by atoms with Crippen LogP contribution in [0.15, 0.2) is 54.6 Å². The molecule has 1 aliphatic heterocycles. The molecule has 1 N–H and O–H groups in total. The van der Waals surface area contributed by atoms with E-state index in [2.05, 4.69) is 0 Å². The van der Waals surface area contributed by atoms with Crippen molar-refractivity contribution in [2.45, 2.75) is 0 Å². The summed E-state index contributed by atoms with van der Waals surface area (Å²) in [5, 5.41) is 8.75. The number of carbonyl (C=O) groups excluding carboxylic acids is 1. The van der Waals surface area contributed by atoms with Crippen molar-refractivity contribution in [3.05, 3.63) is 60.2 Å². The molecule has 0 bridgehead atoms. The summed E-state index contributed by atoms with van der Waals surface area (Å²) in [6, 6.07) is 14.8. The van der Waals surface area contributed by atoms with Gasteiger partial charge in [0.1, 0.15) is 30.4 Å². The highest BCUT2D eigenvalue weighted by Crippen LogP contribution is 2.37. The molecule has 0 fully saturated rings. The number of hydrogen-bond donors (Lipinski definition) is 1. The highest BCUT2D eigenvalue weighted by Gasteiger charge is 2.21. The van der Waals surface area contributed by atoms with Crippen LogP contribution in [0, 0.1) is 0 Å². The number of ether oxygens (including phenoxy) is 2. The molecule has 0 spiro atoms. The van der Waals surface area contributed by atoms with E-state index in [4.69, 9.17) is 14.6 Å². The number of hydrogen-bond acceptors (Lipinski definition) is 4. The van der Waals surface area contributed by atoms with Gasteiger partial charge < -0.3 is 19.5 Å². The Kier molecular flexibility index (Phi) is 4.70. The topological polar surface area (TPSA) is 76.1 Å². The summed E-state index contributed by atoms with van der Waals surface area (Å²) in [5.41, 5.74) is 1.51. The first-order chi connectivity index (χ1) is 12.0. The zero-order chi connectivity index (χ0) is 17.8. The SMILES string of the molecule is CN(CC(=O)O)C(=O)C=C1COc2cc(Oc3ccccc3)ccc21. The third kappa shape index (κ3) is 3.98. The number of fused-ring (bicyclic) bond motifs is 1. The van der Waals surface area contributed by atoms with Crippen molar-refractivity contribution in [3.63, 3.8) is 0 Å². The summed E-state index contributed by atoms with van der Waals surface area (Å²) in [7, 11) is 1.45. The van der Waals surface area contributed by atoms with E-state index >= 15 is 0 Å². The molecular weight excluding hydrogens is 322 g/mol. The second kappa shape index (κ2) is 7.09. The fourth-order valence-electron chi connectivity index (χ4n) is 2.47. The molecule has 0 aliphatic carbocycles. The first-order valence-corrected chi connectivity index (χ1v) is 7.70.